The van der Waals surface area contributed by atoms with Gasteiger partial charge >= 0.3 is 5.97 Å². The smallest absolute Gasteiger partial charge is 0.337 e. The fourth-order valence-electron chi connectivity index (χ4n) is 2.91. The maximum Gasteiger partial charge on any atom is 0.337 e. The second-order valence-corrected chi connectivity index (χ2v) is 5.92. The zero-order valence-electron chi connectivity index (χ0n) is 14.6. The first kappa shape index (κ1) is 17.7. The first-order valence-electron chi connectivity index (χ1n) is 8.52. The van der Waals surface area contributed by atoms with Crippen LogP contribution in [0.3, 0.4) is 0 Å². The Bertz CT molecular complexity index is 786. The Morgan fingerprint density at radius 2 is 1.92 bits per heavy atom. The quantitative estimate of drug-likeness (QED) is 0.840. The fourth-order valence-corrected chi connectivity index (χ4v) is 2.91. The Kier molecular flexibility index (Phi) is 5.31. The van der Waals surface area contributed by atoms with Gasteiger partial charge in [0.1, 0.15) is 5.69 Å². The van der Waals surface area contributed by atoms with Gasteiger partial charge in [0.2, 0.25) is 0 Å². The lowest BCUT2D eigenvalue weighted by atomic mass is 10.2. The van der Waals surface area contributed by atoms with E-state index in [1.807, 2.05) is 19.1 Å². The molecule has 1 aliphatic rings. The van der Waals surface area contributed by atoms with Crippen LogP contribution in [0.2, 0.25) is 0 Å². The number of nitrogens with zero attached hydrogens (tertiary/aromatic N) is 4. The molecule has 3 heterocycles. The van der Waals surface area contributed by atoms with Crippen LogP contribution in [-0.2, 0) is 0 Å². The Morgan fingerprint density at radius 3 is 2.54 bits per heavy atom. The number of nitrogens with one attached hydrogen (secondary N) is 1. The normalized spacial score (nSPS) is 14.2. The third kappa shape index (κ3) is 3.74. The van der Waals surface area contributed by atoms with Gasteiger partial charge in [-0.15, -0.1) is 0 Å². The Morgan fingerprint density at radius 1 is 1.15 bits per heavy atom. The average molecular weight is 355 g/mol. The molecule has 1 aliphatic heterocycles. The third-order valence-electron chi connectivity index (χ3n) is 4.25. The molecule has 0 saturated carbocycles. The van der Waals surface area contributed by atoms with Gasteiger partial charge in [-0.3, -0.25) is 9.78 Å². The lowest BCUT2D eigenvalue weighted by Crippen LogP contribution is -2.49. The summed E-state index contributed by atoms with van der Waals surface area (Å²) in [5.41, 5.74) is 1.31. The van der Waals surface area contributed by atoms with E-state index in [4.69, 9.17) is 5.11 Å². The van der Waals surface area contributed by atoms with Gasteiger partial charge in [0.25, 0.3) is 5.91 Å². The first-order chi connectivity index (χ1) is 12.6. The molecule has 1 saturated heterocycles. The Balaban J connectivity index is 1.65. The molecular weight excluding hydrogens is 334 g/mol. The van der Waals surface area contributed by atoms with Crippen molar-refractivity contribution in [1.29, 1.82) is 0 Å². The van der Waals surface area contributed by atoms with E-state index in [2.05, 4.69) is 20.2 Å². The molecule has 0 bridgehead atoms. The molecule has 0 unspecified atom stereocenters. The van der Waals surface area contributed by atoms with Crippen molar-refractivity contribution in [3.63, 3.8) is 0 Å². The highest BCUT2D eigenvalue weighted by molar-refractivity contribution is 5.94. The zero-order valence-corrected chi connectivity index (χ0v) is 14.6. The van der Waals surface area contributed by atoms with Gasteiger partial charge in [0.05, 0.1) is 11.3 Å². The maximum atomic E-state index is 12.6. The topological polar surface area (TPSA) is 98.7 Å². The molecule has 0 spiro atoms. The van der Waals surface area contributed by atoms with Crippen LogP contribution >= 0.6 is 0 Å². The largest absolute Gasteiger partial charge is 0.478 e. The highest BCUT2D eigenvalue weighted by atomic mass is 16.4. The van der Waals surface area contributed by atoms with Crippen molar-refractivity contribution in [2.24, 2.45) is 0 Å². The predicted molar refractivity (Wildman–Crippen MR) is 97.7 cm³/mol. The van der Waals surface area contributed by atoms with E-state index in [0.717, 1.165) is 18.1 Å². The number of carboxylic acid groups (broad SMARTS) is 1. The van der Waals surface area contributed by atoms with Crippen LogP contribution in [0.5, 0.6) is 0 Å². The van der Waals surface area contributed by atoms with Gasteiger partial charge in [0, 0.05) is 45.1 Å². The van der Waals surface area contributed by atoms with E-state index >= 15 is 0 Å². The minimum absolute atomic E-state index is 0.0671. The minimum Gasteiger partial charge on any atom is -0.478 e. The van der Waals surface area contributed by atoms with Crippen molar-refractivity contribution in [2.75, 3.05) is 42.9 Å². The number of piperazine rings is 1. The van der Waals surface area contributed by atoms with Crippen LogP contribution in [-0.4, -0.2) is 64.6 Å². The number of aromatic carboxylic acids is 1. The summed E-state index contributed by atoms with van der Waals surface area (Å²) in [6, 6.07) is 6.75. The number of carboxylic acids is 1. The predicted octanol–water partition coefficient (Wildman–Crippen LogP) is 1.57. The van der Waals surface area contributed by atoms with Crippen molar-refractivity contribution in [3.8, 4) is 0 Å². The van der Waals surface area contributed by atoms with Crippen LogP contribution in [0.4, 0.5) is 11.5 Å². The van der Waals surface area contributed by atoms with Crippen LogP contribution in [0.15, 0.2) is 36.7 Å². The number of aromatic nitrogens is 2. The van der Waals surface area contributed by atoms with Crippen LogP contribution in [0.1, 0.15) is 27.8 Å². The lowest BCUT2D eigenvalue weighted by molar-refractivity contribution is 0.0691. The number of pyridine rings is 2. The van der Waals surface area contributed by atoms with E-state index in [1.54, 1.807) is 11.1 Å². The number of carbonyl (C=O) groups is 2. The summed E-state index contributed by atoms with van der Waals surface area (Å²) >= 11 is 0. The number of carbonyl (C=O) groups excluding carboxylic acids is 1. The monoisotopic (exact) mass is 355 g/mol. The van der Waals surface area contributed by atoms with Gasteiger partial charge in [-0.25, -0.2) is 9.78 Å². The molecule has 2 N–H and O–H groups in total. The molecule has 8 heteroatoms. The van der Waals surface area contributed by atoms with Crippen molar-refractivity contribution < 1.29 is 14.7 Å². The van der Waals surface area contributed by atoms with Crippen molar-refractivity contribution in [2.45, 2.75) is 6.92 Å². The Labute approximate surface area is 151 Å². The summed E-state index contributed by atoms with van der Waals surface area (Å²) in [5, 5.41) is 12.2. The molecular formula is C18H21N5O3. The van der Waals surface area contributed by atoms with Gasteiger partial charge in [0.15, 0.2) is 5.82 Å². The van der Waals surface area contributed by atoms with E-state index in [0.29, 0.717) is 26.2 Å². The minimum atomic E-state index is -1.06. The summed E-state index contributed by atoms with van der Waals surface area (Å²) < 4.78 is 0. The standard InChI is InChI=1S/C18H21N5O3/c1-2-19-14-4-3-7-20-16(14)22-8-10-23(11-9-22)17(24)15-6-5-13(12-21-15)18(25)26/h3-7,12,19H,2,8-11H2,1H3,(H,25,26). The van der Waals surface area contributed by atoms with Crippen LogP contribution in [0.25, 0.3) is 0 Å². The van der Waals surface area contributed by atoms with Crippen molar-refractivity contribution in [1.82, 2.24) is 14.9 Å². The summed E-state index contributed by atoms with van der Waals surface area (Å²) in [6.07, 6.45) is 2.98. The fraction of sp³-hybridized carbons (Fsp3) is 0.333. The summed E-state index contributed by atoms with van der Waals surface area (Å²) in [6.45, 7) is 5.32. The second kappa shape index (κ2) is 7.81. The number of amides is 1. The van der Waals surface area contributed by atoms with E-state index in [1.165, 1.54) is 18.3 Å². The molecule has 0 atom stereocenters. The number of hydrogen-bond donors (Lipinski definition) is 2. The molecule has 0 aliphatic carbocycles. The highest BCUT2D eigenvalue weighted by Gasteiger charge is 2.24. The molecule has 1 fully saturated rings. The average Bonchev–Trinajstić information content (AvgIpc) is 2.68. The number of hydrogen-bond acceptors (Lipinski definition) is 6. The van der Waals surface area contributed by atoms with Gasteiger partial charge in [-0.2, -0.15) is 0 Å². The second-order valence-electron chi connectivity index (χ2n) is 5.92. The van der Waals surface area contributed by atoms with Gasteiger partial charge in [-0.1, -0.05) is 0 Å². The molecule has 0 radical (unpaired) electrons. The Hall–Kier alpha value is -3.16. The number of rotatable bonds is 5. The van der Waals surface area contributed by atoms with Crippen molar-refractivity contribution in [3.05, 3.63) is 47.9 Å². The third-order valence-corrected chi connectivity index (χ3v) is 4.25. The molecule has 3 rings (SSSR count). The molecule has 26 heavy (non-hydrogen) atoms. The molecule has 136 valence electrons. The van der Waals surface area contributed by atoms with Crippen molar-refractivity contribution >= 4 is 23.4 Å². The summed E-state index contributed by atoms with van der Waals surface area (Å²) in [5.74, 6) is -0.350. The van der Waals surface area contributed by atoms with Gasteiger partial charge in [-0.05, 0) is 31.2 Å². The zero-order chi connectivity index (χ0) is 18.5. The van der Waals surface area contributed by atoms with E-state index in [-0.39, 0.29) is 17.2 Å². The SMILES string of the molecule is CCNc1cccnc1N1CCN(C(=O)c2ccc(C(=O)O)cn2)CC1. The highest BCUT2D eigenvalue weighted by Crippen LogP contribution is 2.23. The molecule has 1 amide bonds. The maximum absolute atomic E-state index is 12.6. The first-order valence-corrected chi connectivity index (χ1v) is 8.52. The lowest BCUT2D eigenvalue weighted by Gasteiger charge is -2.36. The van der Waals surface area contributed by atoms with E-state index < -0.39 is 5.97 Å². The van der Waals surface area contributed by atoms with Gasteiger partial charge < -0.3 is 20.2 Å². The summed E-state index contributed by atoms with van der Waals surface area (Å²) in [4.78, 5) is 35.8. The molecule has 2 aromatic rings. The molecule has 8 nitrogen and oxygen atoms in total. The molecule has 2 aromatic heterocycles. The number of anilines is 2. The van der Waals surface area contributed by atoms with E-state index in [9.17, 15) is 9.59 Å². The van der Waals surface area contributed by atoms with Crippen LogP contribution < -0.4 is 10.2 Å². The molecule has 0 aromatic carbocycles. The van der Waals surface area contributed by atoms with Crippen LogP contribution in [0, 0.1) is 0 Å². The summed E-state index contributed by atoms with van der Waals surface area (Å²) in [7, 11) is 0.